The summed E-state index contributed by atoms with van der Waals surface area (Å²) in [5.74, 6) is 14.8. The van der Waals surface area contributed by atoms with Crippen molar-refractivity contribution in [3.8, 4) is 0 Å². The molecule has 0 aromatic heterocycles. The average Bonchev–Trinajstić information content (AvgIpc) is 2.04. The second-order valence-corrected chi connectivity index (χ2v) is 1.38. The van der Waals surface area contributed by atoms with Gasteiger partial charge in [0.05, 0.1) is 12.4 Å². The first kappa shape index (κ1) is 10.6. The summed E-state index contributed by atoms with van der Waals surface area (Å²) < 4.78 is 0. The van der Waals surface area contributed by atoms with E-state index in [1.165, 1.54) is 14.2 Å². The molecule has 6 N–H and O–H groups in total. The van der Waals surface area contributed by atoms with E-state index in [9.17, 15) is 0 Å². The van der Waals surface area contributed by atoms with Crippen molar-refractivity contribution in [3.63, 3.8) is 0 Å². The van der Waals surface area contributed by atoms with Gasteiger partial charge in [0.25, 0.3) is 0 Å². The van der Waals surface area contributed by atoms with E-state index in [4.69, 9.17) is 11.7 Å². The Kier molecular flexibility index (Phi) is 4.36. The van der Waals surface area contributed by atoms with Crippen LogP contribution in [0.15, 0.2) is 0 Å². The maximum Gasteiger partial charge on any atom is 0.214 e. The zero-order valence-corrected chi connectivity index (χ0v) is 6.26. The number of nitrogens with zero attached hydrogens (tertiary/aromatic N) is 2. The smallest absolute Gasteiger partial charge is 0.214 e. The summed E-state index contributed by atoms with van der Waals surface area (Å²) >= 11 is 0. The Morgan fingerprint density at radius 3 is 2.18 bits per heavy atom. The van der Waals surface area contributed by atoms with Gasteiger partial charge in [0.15, 0.2) is 0 Å². The molecule has 9 nitrogen and oxygen atoms in total. The van der Waals surface area contributed by atoms with E-state index < -0.39 is 5.08 Å². The van der Waals surface area contributed by atoms with E-state index in [2.05, 4.69) is 25.4 Å². The molecular formula is C2H12N5O4+. The van der Waals surface area contributed by atoms with Crippen molar-refractivity contribution in [2.24, 2.45) is 17.6 Å². The lowest BCUT2D eigenvalue weighted by molar-refractivity contribution is -1.39. The summed E-state index contributed by atoms with van der Waals surface area (Å²) in [7, 11) is 2.44. The lowest BCUT2D eigenvalue weighted by atomic mass is 11.7. The third-order valence-electron chi connectivity index (χ3n) is 0.776. The molecule has 1 atom stereocenters. The third kappa shape index (κ3) is 3.52. The third-order valence-corrected chi connectivity index (χ3v) is 0.776. The van der Waals surface area contributed by atoms with Gasteiger partial charge in [0, 0.05) is 4.94 Å². The summed E-state index contributed by atoms with van der Waals surface area (Å²) in [6.45, 7) is 0. The van der Waals surface area contributed by atoms with Gasteiger partial charge in [-0.15, -0.1) is 4.84 Å². The molecule has 0 saturated heterocycles. The van der Waals surface area contributed by atoms with E-state index >= 15 is 0 Å². The number of hydrazine groups is 1. The fraction of sp³-hybridized carbons (Fsp3) is 1.00. The predicted molar refractivity (Wildman–Crippen MR) is 30.8 cm³/mol. The molecule has 0 heterocycles. The molecule has 11 heavy (non-hydrogen) atoms. The molecule has 0 bridgehead atoms. The van der Waals surface area contributed by atoms with Crippen LogP contribution < -0.4 is 17.6 Å². The SMILES string of the molecule is CON(N)O[N+](N)(OC)ON. The largest absolute Gasteiger partial charge is 0.259 e. The standard InChI is InChI=1S/C2H12N5O4/c1-8-6(3)11-7(4,9-2)10-5/h3-5H2,1-2H3/q+1. The molecule has 0 saturated carbocycles. The molecule has 68 valence electrons. The molecule has 0 aliphatic carbocycles. The molecular weight excluding hydrogens is 158 g/mol. The van der Waals surface area contributed by atoms with E-state index in [0.717, 1.165) is 0 Å². The quantitative estimate of drug-likeness (QED) is 0.238. The molecule has 1 unspecified atom stereocenters. The van der Waals surface area contributed by atoms with Crippen molar-refractivity contribution in [2.45, 2.75) is 0 Å². The van der Waals surface area contributed by atoms with Gasteiger partial charge in [-0.1, -0.05) is 5.84 Å². The zero-order valence-electron chi connectivity index (χ0n) is 6.26. The van der Waals surface area contributed by atoms with Crippen LogP contribution in [0.25, 0.3) is 0 Å². The van der Waals surface area contributed by atoms with Crippen molar-refractivity contribution in [3.05, 3.63) is 0 Å². The minimum atomic E-state index is -1.32. The van der Waals surface area contributed by atoms with Crippen LogP contribution in [0.5, 0.6) is 0 Å². The van der Waals surface area contributed by atoms with Gasteiger partial charge in [0.1, 0.15) is 7.11 Å². The molecule has 9 heteroatoms. The molecule has 0 rings (SSSR count). The molecule has 0 radical (unpaired) electrons. The van der Waals surface area contributed by atoms with Crippen LogP contribution >= 0.6 is 0 Å². The van der Waals surface area contributed by atoms with Crippen molar-refractivity contribution < 1.29 is 24.6 Å². The van der Waals surface area contributed by atoms with Crippen molar-refractivity contribution in [2.75, 3.05) is 14.2 Å². The first-order chi connectivity index (χ1) is 5.08. The number of rotatable bonds is 5. The summed E-state index contributed by atoms with van der Waals surface area (Å²) in [6.07, 6.45) is 0. The molecule has 0 amide bonds. The Morgan fingerprint density at radius 2 is 1.91 bits per heavy atom. The fourth-order valence-corrected chi connectivity index (χ4v) is 0.241. The summed E-state index contributed by atoms with van der Waals surface area (Å²) in [5.41, 5.74) is 0. The van der Waals surface area contributed by atoms with Crippen molar-refractivity contribution in [1.29, 1.82) is 0 Å². The highest BCUT2D eigenvalue weighted by molar-refractivity contribution is 3.70. The summed E-state index contributed by atoms with van der Waals surface area (Å²) in [6, 6.07) is 0. The predicted octanol–water partition coefficient (Wildman–Crippen LogP) is -2.37. The Balaban J connectivity index is 3.86. The van der Waals surface area contributed by atoms with Crippen LogP contribution in [0.1, 0.15) is 0 Å². The number of hydrogen-bond donors (Lipinski definition) is 3. The van der Waals surface area contributed by atoms with Gasteiger partial charge in [-0.05, 0) is 4.94 Å². The monoisotopic (exact) mass is 170 g/mol. The maximum absolute atomic E-state index is 5.12. The number of nitrogens with two attached hydrogens (primary N) is 3. The Bertz CT molecular complexity index is 107. The minimum absolute atomic E-state index is 0.413. The highest BCUT2D eigenvalue weighted by atomic mass is 17.3. The zero-order chi connectivity index (χ0) is 8.91. The van der Waals surface area contributed by atoms with Gasteiger partial charge in [-0.3, -0.25) is 4.84 Å². The number of hydrogen-bond acceptors (Lipinski definition) is 8. The first-order valence-corrected chi connectivity index (χ1v) is 2.48. The van der Waals surface area contributed by atoms with Gasteiger partial charge in [-0.2, -0.15) is 5.90 Å². The van der Waals surface area contributed by atoms with E-state index in [-0.39, 0.29) is 0 Å². The minimum Gasteiger partial charge on any atom is -0.259 e. The lowest BCUT2D eigenvalue weighted by Crippen LogP contribution is -2.59. The van der Waals surface area contributed by atoms with Crippen molar-refractivity contribution >= 4 is 0 Å². The van der Waals surface area contributed by atoms with Crippen LogP contribution in [0, 0.1) is 0 Å². The van der Waals surface area contributed by atoms with Gasteiger partial charge in [-0.25, -0.2) is 5.84 Å². The van der Waals surface area contributed by atoms with E-state index in [1.807, 2.05) is 0 Å². The topological polar surface area (TPSA) is 118 Å². The van der Waals surface area contributed by atoms with Crippen molar-refractivity contribution in [1.82, 2.24) is 5.34 Å². The van der Waals surface area contributed by atoms with Gasteiger partial charge in [0.2, 0.25) is 5.08 Å². The molecule has 0 aromatic carbocycles. The Labute approximate surface area is 63.0 Å². The second-order valence-electron chi connectivity index (χ2n) is 1.38. The van der Waals surface area contributed by atoms with Crippen LogP contribution in [-0.2, 0) is 19.6 Å². The molecule has 0 fully saturated rings. The maximum atomic E-state index is 5.12. The normalized spacial score (nSPS) is 16.9. The van der Waals surface area contributed by atoms with E-state index in [0.29, 0.717) is 5.34 Å². The Hall–Kier alpha value is -0.360. The van der Waals surface area contributed by atoms with Crippen LogP contribution in [0.3, 0.4) is 0 Å². The van der Waals surface area contributed by atoms with Crippen LogP contribution in [0.2, 0.25) is 0 Å². The Morgan fingerprint density at radius 1 is 1.36 bits per heavy atom. The highest BCUT2D eigenvalue weighted by Crippen LogP contribution is 1.98. The average molecular weight is 170 g/mol. The van der Waals surface area contributed by atoms with Gasteiger partial charge >= 0.3 is 0 Å². The van der Waals surface area contributed by atoms with Gasteiger partial charge < -0.3 is 0 Å². The highest BCUT2D eigenvalue weighted by Gasteiger charge is 2.31. The van der Waals surface area contributed by atoms with E-state index in [1.54, 1.807) is 0 Å². The molecule has 0 aliphatic heterocycles. The fourth-order valence-electron chi connectivity index (χ4n) is 0.241. The molecule has 0 aliphatic rings. The lowest BCUT2D eigenvalue weighted by Gasteiger charge is -2.20. The first-order valence-electron chi connectivity index (χ1n) is 2.48. The van der Waals surface area contributed by atoms with Crippen LogP contribution in [0.4, 0.5) is 0 Å². The second kappa shape index (κ2) is 4.50. The molecule has 0 aromatic rings. The molecule has 0 spiro atoms. The number of quaternary nitrogens is 1. The van der Waals surface area contributed by atoms with Crippen LogP contribution in [-0.4, -0.2) is 24.6 Å². The summed E-state index contributed by atoms with van der Waals surface area (Å²) in [5, 5.41) is -0.902. The summed E-state index contributed by atoms with van der Waals surface area (Å²) in [4.78, 5) is 17.2.